The molecule has 2 aromatic carbocycles. The lowest BCUT2D eigenvalue weighted by molar-refractivity contribution is -0.131. The number of nitrogens with one attached hydrogen (secondary N) is 2. The summed E-state index contributed by atoms with van der Waals surface area (Å²) in [5.41, 5.74) is 7.75. The molecule has 0 bridgehead atoms. The number of hydrogen-bond donors (Lipinski definition) is 3. The molecule has 0 radical (unpaired) electrons. The van der Waals surface area contributed by atoms with Crippen molar-refractivity contribution in [1.29, 1.82) is 0 Å². The fraction of sp³-hybridized carbons (Fsp3) is 0.182. The van der Waals surface area contributed by atoms with Gasteiger partial charge in [-0.05, 0) is 47.4 Å². The number of nitrogens with zero attached hydrogens (tertiary/aromatic N) is 1. The van der Waals surface area contributed by atoms with E-state index >= 15 is 0 Å². The van der Waals surface area contributed by atoms with E-state index in [4.69, 9.17) is 5.21 Å². The SMILES string of the molecule is Cc1[nH]c2ccccc2c1CC(=O)N1Cc2ccc(C=CC(=O)NO)cc2C1. The van der Waals surface area contributed by atoms with Gasteiger partial charge < -0.3 is 9.88 Å². The molecule has 2 heterocycles. The van der Waals surface area contributed by atoms with E-state index in [0.29, 0.717) is 19.5 Å². The van der Waals surface area contributed by atoms with Crippen molar-refractivity contribution >= 4 is 28.8 Å². The molecule has 3 aromatic rings. The fourth-order valence-corrected chi connectivity index (χ4v) is 3.73. The smallest absolute Gasteiger partial charge is 0.267 e. The number of fused-ring (bicyclic) bond motifs is 2. The van der Waals surface area contributed by atoms with E-state index in [-0.39, 0.29) is 5.91 Å². The Morgan fingerprint density at radius 2 is 1.96 bits per heavy atom. The maximum absolute atomic E-state index is 12.9. The minimum absolute atomic E-state index is 0.0980. The molecule has 1 aliphatic heterocycles. The summed E-state index contributed by atoms with van der Waals surface area (Å²) < 4.78 is 0. The number of aryl methyl sites for hydroxylation is 1. The number of hydrogen-bond acceptors (Lipinski definition) is 3. The third-order valence-corrected chi connectivity index (χ3v) is 5.20. The number of aromatic amines is 1. The summed E-state index contributed by atoms with van der Waals surface area (Å²) in [4.78, 5) is 29.3. The van der Waals surface area contributed by atoms with Crippen LogP contribution in [0, 0.1) is 6.92 Å². The molecule has 6 nitrogen and oxygen atoms in total. The first-order valence-corrected chi connectivity index (χ1v) is 9.13. The minimum atomic E-state index is -0.577. The molecule has 3 N–H and O–H groups in total. The van der Waals surface area contributed by atoms with Crippen LogP contribution in [-0.4, -0.2) is 26.9 Å². The number of aromatic nitrogens is 1. The van der Waals surface area contributed by atoms with E-state index in [2.05, 4.69) is 4.98 Å². The van der Waals surface area contributed by atoms with E-state index < -0.39 is 5.91 Å². The van der Waals surface area contributed by atoms with Gasteiger partial charge in [-0.15, -0.1) is 0 Å². The Bertz CT molecular complexity index is 1100. The summed E-state index contributed by atoms with van der Waals surface area (Å²) in [5, 5.41) is 9.65. The first-order chi connectivity index (χ1) is 13.5. The van der Waals surface area contributed by atoms with Crippen molar-refractivity contribution in [1.82, 2.24) is 15.4 Å². The monoisotopic (exact) mass is 375 g/mol. The molecule has 0 aliphatic carbocycles. The number of carbonyl (C=O) groups excluding carboxylic acids is 2. The number of amides is 2. The van der Waals surface area contributed by atoms with Crippen LogP contribution in [0.4, 0.5) is 0 Å². The van der Waals surface area contributed by atoms with Gasteiger partial charge in [-0.2, -0.15) is 0 Å². The molecule has 1 aliphatic rings. The molecule has 0 saturated heterocycles. The van der Waals surface area contributed by atoms with Crippen LogP contribution in [0.3, 0.4) is 0 Å². The highest BCUT2D eigenvalue weighted by molar-refractivity contribution is 5.91. The van der Waals surface area contributed by atoms with Crippen molar-refractivity contribution < 1.29 is 14.8 Å². The molecule has 6 heteroatoms. The number of rotatable bonds is 4. The van der Waals surface area contributed by atoms with E-state index in [0.717, 1.165) is 38.9 Å². The van der Waals surface area contributed by atoms with Crippen molar-refractivity contribution in [2.45, 2.75) is 26.4 Å². The number of carbonyl (C=O) groups is 2. The average Bonchev–Trinajstić information content (AvgIpc) is 3.26. The number of para-hydroxylation sites is 1. The second kappa shape index (κ2) is 7.32. The number of H-pyrrole nitrogens is 1. The Morgan fingerprint density at radius 3 is 2.79 bits per heavy atom. The molecule has 0 spiro atoms. The molecule has 0 saturated carbocycles. The molecule has 4 rings (SSSR count). The standard InChI is InChI=1S/C22H21N3O3/c1-14-19(18-4-2-3-5-20(18)23-14)11-22(27)25-12-16-8-6-15(10-17(16)13-25)7-9-21(26)24-28/h2-10,23,28H,11-13H2,1H3,(H,24,26). The van der Waals surface area contributed by atoms with Gasteiger partial charge in [-0.25, -0.2) is 5.48 Å². The van der Waals surface area contributed by atoms with Gasteiger partial charge in [-0.3, -0.25) is 14.8 Å². The summed E-state index contributed by atoms with van der Waals surface area (Å²) >= 11 is 0. The van der Waals surface area contributed by atoms with Gasteiger partial charge in [0, 0.05) is 35.8 Å². The van der Waals surface area contributed by atoms with Gasteiger partial charge in [0.25, 0.3) is 5.91 Å². The highest BCUT2D eigenvalue weighted by atomic mass is 16.5. The molecule has 2 amide bonds. The predicted molar refractivity (Wildman–Crippen MR) is 106 cm³/mol. The minimum Gasteiger partial charge on any atom is -0.358 e. The zero-order valence-electron chi connectivity index (χ0n) is 15.5. The molecule has 1 aromatic heterocycles. The van der Waals surface area contributed by atoms with Crippen LogP contribution >= 0.6 is 0 Å². The van der Waals surface area contributed by atoms with Gasteiger partial charge in [-0.1, -0.05) is 30.3 Å². The first kappa shape index (κ1) is 18.0. The average molecular weight is 375 g/mol. The van der Waals surface area contributed by atoms with Gasteiger partial charge in [0.1, 0.15) is 0 Å². The van der Waals surface area contributed by atoms with Crippen molar-refractivity contribution in [3.63, 3.8) is 0 Å². The van der Waals surface area contributed by atoms with E-state index in [1.54, 1.807) is 11.6 Å². The van der Waals surface area contributed by atoms with Gasteiger partial charge in [0.15, 0.2) is 0 Å². The lowest BCUT2D eigenvalue weighted by atomic mass is 10.1. The van der Waals surface area contributed by atoms with E-state index in [1.165, 1.54) is 6.08 Å². The van der Waals surface area contributed by atoms with Crippen LogP contribution in [0.2, 0.25) is 0 Å². The van der Waals surface area contributed by atoms with Crippen molar-refractivity contribution in [3.05, 3.63) is 76.5 Å². The number of benzene rings is 2. The molecular formula is C22H21N3O3. The zero-order chi connectivity index (χ0) is 19.7. The second-order valence-corrected chi connectivity index (χ2v) is 7.04. The largest absolute Gasteiger partial charge is 0.358 e. The van der Waals surface area contributed by atoms with Crippen molar-refractivity contribution in [3.8, 4) is 0 Å². The third kappa shape index (κ3) is 3.42. The van der Waals surface area contributed by atoms with Gasteiger partial charge in [0.05, 0.1) is 6.42 Å². The molecule has 0 unspecified atom stereocenters. The van der Waals surface area contributed by atoms with Crippen molar-refractivity contribution in [2.75, 3.05) is 0 Å². The quantitative estimate of drug-likeness (QED) is 0.372. The summed E-state index contributed by atoms with van der Waals surface area (Å²) in [6.07, 6.45) is 3.26. The van der Waals surface area contributed by atoms with Crippen LogP contribution in [-0.2, 0) is 29.1 Å². The van der Waals surface area contributed by atoms with Gasteiger partial charge in [0.2, 0.25) is 5.91 Å². The molecule has 0 fully saturated rings. The number of hydroxylamine groups is 1. The summed E-state index contributed by atoms with van der Waals surface area (Å²) in [6, 6.07) is 13.9. The highest BCUT2D eigenvalue weighted by Gasteiger charge is 2.24. The summed E-state index contributed by atoms with van der Waals surface area (Å²) in [5.74, 6) is -0.479. The van der Waals surface area contributed by atoms with Crippen LogP contribution in [0.5, 0.6) is 0 Å². The van der Waals surface area contributed by atoms with E-state index in [9.17, 15) is 9.59 Å². The van der Waals surface area contributed by atoms with Crippen LogP contribution in [0.1, 0.15) is 27.9 Å². The Hall–Kier alpha value is -3.38. The van der Waals surface area contributed by atoms with Crippen molar-refractivity contribution in [2.24, 2.45) is 0 Å². The van der Waals surface area contributed by atoms with Crippen LogP contribution in [0.25, 0.3) is 17.0 Å². The third-order valence-electron chi connectivity index (χ3n) is 5.20. The normalized spacial score (nSPS) is 13.3. The summed E-state index contributed by atoms with van der Waals surface area (Å²) in [7, 11) is 0. The maximum Gasteiger partial charge on any atom is 0.267 e. The molecule has 28 heavy (non-hydrogen) atoms. The Morgan fingerprint density at radius 1 is 1.18 bits per heavy atom. The Labute approximate surface area is 162 Å². The fourth-order valence-electron chi connectivity index (χ4n) is 3.73. The second-order valence-electron chi connectivity index (χ2n) is 7.04. The van der Waals surface area contributed by atoms with Crippen LogP contribution in [0.15, 0.2) is 48.5 Å². The lowest BCUT2D eigenvalue weighted by Gasteiger charge is -2.15. The predicted octanol–water partition coefficient (Wildman–Crippen LogP) is 3.08. The first-order valence-electron chi connectivity index (χ1n) is 9.13. The molecule has 142 valence electrons. The van der Waals surface area contributed by atoms with Gasteiger partial charge >= 0.3 is 0 Å². The molecular weight excluding hydrogens is 354 g/mol. The highest BCUT2D eigenvalue weighted by Crippen LogP contribution is 2.27. The van der Waals surface area contributed by atoms with Crippen LogP contribution < -0.4 is 5.48 Å². The zero-order valence-corrected chi connectivity index (χ0v) is 15.5. The Kier molecular flexibility index (Phi) is 4.71. The van der Waals surface area contributed by atoms with E-state index in [1.807, 2.05) is 54.3 Å². The topological polar surface area (TPSA) is 85.4 Å². The Balaban J connectivity index is 1.49. The maximum atomic E-state index is 12.9. The summed E-state index contributed by atoms with van der Waals surface area (Å²) in [6.45, 7) is 3.16. The lowest BCUT2D eigenvalue weighted by Crippen LogP contribution is -2.27. The molecule has 0 atom stereocenters.